The van der Waals surface area contributed by atoms with Crippen LogP contribution in [0.3, 0.4) is 0 Å². The van der Waals surface area contributed by atoms with Crippen molar-refractivity contribution in [3.8, 4) is 11.8 Å². The van der Waals surface area contributed by atoms with Crippen molar-refractivity contribution in [1.82, 2.24) is 9.97 Å². The number of nitrogens with zero attached hydrogens (tertiary/aromatic N) is 2. The molecular weight excluding hydrogens is 232 g/mol. The van der Waals surface area contributed by atoms with Gasteiger partial charge in [-0.05, 0) is 12.8 Å². The third kappa shape index (κ3) is 2.64. The highest BCUT2D eigenvalue weighted by Crippen LogP contribution is 2.32. The Labute approximate surface area is 107 Å². The largest absolute Gasteiger partial charge is 0.481 e. The average Bonchev–Trinajstić information content (AvgIpc) is 2.87. The molecule has 6 heteroatoms. The number of nitrogens with one attached hydrogen (secondary N) is 1. The molecule has 1 aromatic heterocycles. The number of hydrogen-bond acceptors (Lipinski definition) is 6. The average molecular weight is 252 g/mol. The molecule has 0 radical (unpaired) electrons. The van der Waals surface area contributed by atoms with Crippen molar-refractivity contribution in [2.45, 2.75) is 31.2 Å². The fraction of sp³-hybridized carbons (Fsp3) is 0.667. The van der Waals surface area contributed by atoms with Gasteiger partial charge in [-0.3, -0.25) is 0 Å². The summed E-state index contributed by atoms with van der Waals surface area (Å²) in [6.07, 6.45) is 4.47. The van der Waals surface area contributed by atoms with E-state index in [2.05, 4.69) is 15.3 Å². The fourth-order valence-corrected chi connectivity index (χ4v) is 2.34. The van der Waals surface area contributed by atoms with Gasteiger partial charge in [-0.2, -0.15) is 9.97 Å². The quantitative estimate of drug-likeness (QED) is 0.818. The van der Waals surface area contributed by atoms with Crippen LogP contribution in [0.5, 0.6) is 11.8 Å². The van der Waals surface area contributed by atoms with Crippen molar-refractivity contribution in [3.05, 3.63) is 6.07 Å². The lowest BCUT2D eigenvalue weighted by molar-refractivity contribution is 0.371. The zero-order chi connectivity index (χ0) is 13.0. The van der Waals surface area contributed by atoms with Crippen LogP contribution in [-0.2, 0) is 0 Å². The Kier molecular flexibility index (Phi) is 3.86. The van der Waals surface area contributed by atoms with E-state index in [0.717, 1.165) is 12.8 Å². The third-order valence-corrected chi connectivity index (χ3v) is 3.43. The summed E-state index contributed by atoms with van der Waals surface area (Å²) >= 11 is 0. The molecule has 0 amide bonds. The third-order valence-electron chi connectivity index (χ3n) is 3.43. The van der Waals surface area contributed by atoms with Crippen molar-refractivity contribution in [3.63, 3.8) is 0 Å². The summed E-state index contributed by atoms with van der Waals surface area (Å²) in [6.45, 7) is 0.579. The van der Waals surface area contributed by atoms with Gasteiger partial charge in [0, 0.05) is 6.54 Å². The van der Waals surface area contributed by atoms with E-state index in [9.17, 15) is 0 Å². The molecule has 100 valence electrons. The van der Waals surface area contributed by atoms with Gasteiger partial charge in [0.05, 0.1) is 25.8 Å². The lowest BCUT2D eigenvalue weighted by atomic mass is 9.98. The number of nitrogens with two attached hydrogens (primary N) is 1. The van der Waals surface area contributed by atoms with Crippen LogP contribution < -0.4 is 20.5 Å². The molecule has 1 fully saturated rings. The Morgan fingerprint density at radius 2 is 1.78 bits per heavy atom. The van der Waals surface area contributed by atoms with E-state index >= 15 is 0 Å². The minimum atomic E-state index is -0.0859. The first-order valence-corrected chi connectivity index (χ1v) is 6.17. The molecule has 2 rings (SSSR count). The predicted octanol–water partition coefficient (Wildman–Crippen LogP) is 1.18. The van der Waals surface area contributed by atoms with E-state index < -0.39 is 0 Å². The van der Waals surface area contributed by atoms with Gasteiger partial charge < -0.3 is 20.5 Å². The molecule has 1 aliphatic rings. The van der Waals surface area contributed by atoms with Crippen LogP contribution in [0.2, 0.25) is 0 Å². The molecule has 0 atom stereocenters. The maximum absolute atomic E-state index is 5.88. The van der Waals surface area contributed by atoms with Crippen LogP contribution in [0.1, 0.15) is 25.7 Å². The van der Waals surface area contributed by atoms with Gasteiger partial charge in [0.15, 0.2) is 0 Å². The molecule has 1 aliphatic carbocycles. The standard InChI is InChI=1S/C12H20N4O2/c1-17-9-7-10(18-2)15-11(14-9)16-12(8-13)5-3-4-6-12/h7H,3-6,8,13H2,1-2H3,(H,14,15,16). The molecular formula is C12H20N4O2. The molecule has 0 bridgehead atoms. The minimum Gasteiger partial charge on any atom is -0.481 e. The van der Waals surface area contributed by atoms with Gasteiger partial charge in [-0.15, -0.1) is 0 Å². The minimum absolute atomic E-state index is 0.0859. The maximum atomic E-state index is 5.88. The zero-order valence-electron chi connectivity index (χ0n) is 10.9. The van der Waals surface area contributed by atoms with E-state index in [1.807, 2.05) is 0 Å². The van der Waals surface area contributed by atoms with Gasteiger partial charge in [-0.1, -0.05) is 12.8 Å². The molecule has 0 unspecified atom stereocenters. The second kappa shape index (κ2) is 5.39. The summed E-state index contributed by atoms with van der Waals surface area (Å²) in [6, 6.07) is 1.65. The summed E-state index contributed by atoms with van der Waals surface area (Å²) in [4.78, 5) is 8.55. The van der Waals surface area contributed by atoms with Crippen molar-refractivity contribution >= 4 is 5.95 Å². The smallest absolute Gasteiger partial charge is 0.229 e. The lowest BCUT2D eigenvalue weighted by Gasteiger charge is -2.28. The summed E-state index contributed by atoms with van der Waals surface area (Å²) in [5, 5.41) is 3.35. The van der Waals surface area contributed by atoms with Crippen molar-refractivity contribution in [2.24, 2.45) is 5.73 Å². The van der Waals surface area contributed by atoms with Crippen molar-refractivity contribution in [2.75, 3.05) is 26.1 Å². The van der Waals surface area contributed by atoms with E-state index in [-0.39, 0.29) is 5.54 Å². The summed E-state index contributed by atoms with van der Waals surface area (Å²) in [5.41, 5.74) is 5.79. The predicted molar refractivity (Wildman–Crippen MR) is 69.0 cm³/mol. The molecule has 1 saturated carbocycles. The molecule has 0 aromatic carbocycles. The Balaban J connectivity index is 2.21. The number of ether oxygens (including phenoxy) is 2. The number of rotatable bonds is 5. The fourth-order valence-electron chi connectivity index (χ4n) is 2.34. The molecule has 0 aliphatic heterocycles. The van der Waals surface area contributed by atoms with E-state index in [4.69, 9.17) is 15.2 Å². The Hall–Kier alpha value is -1.56. The number of methoxy groups -OCH3 is 2. The first-order valence-electron chi connectivity index (χ1n) is 6.17. The van der Waals surface area contributed by atoms with Crippen molar-refractivity contribution < 1.29 is 9.47 Å². The summed E-state index contributed by atoms with van der Waals surface area (Å²) in [5.74, 6) is 1.47. The SMILES string of the molecule is COc1cc(OC)nc(NC2(CN)CCCC2)n1. The highest BCUT2D eigenvalue weighted by molar-refractivity contribution is 5.37. The lowest BCUT2D eigenvalue weighted by Crippen LogP contribution is -2.43. The van der Waals surface area contributed by atoms with E-state index in [0.29, 0.717) is 24.3 Å². The Morgan fingerprint density at radius 3 is 2.22 bits per heavy atom. The highest BCUT2D eigenvalue weighted by atomic mass is 16.5. The molecule has 0 spiro atoms. The molecule has 0 saturated heterocycles. The summed E-state index contributed by atoms with van der Waals surface area (Å²) < 4.78 is 10.3. The van der Waals surface area contributed by atoms with Crippen LogP contribution >= 0.6 is 0 Å². The van der Waals surface area contributed by atoms with E-state index in [1.54, 1.807) is 20.3 Å². The van der Waals surface area contributed by atoms with Crippen molar-refractivity contribution in [1.29, 1.82) is 0 Å². The first-order chi connectivity index (χ1) is 8.71. The number of anilines is 1. The van der Waals surface area contributed by atoms with Gasteiger partial charge in [0.2, 0.25) is 17.7 Å². The highest BCUT2D eigenvalue weighted by Gasteiger charge is 2.33. The zero-order valence-corrected chi connectivity index (χ0v) is 10.9. The molecule has 1 aromatic rings. The van der Waals surface area contributed by atoms with Gasteiger partial charge in [0.1, 0.15) is 0 Å². The van der Waals surface area contributed by atoms with Gasteiger partial charge in [-0.25, -0.2) is 0 Å². The second-order valence-electron chi connectivity index (χ2n) is 4.59. The molecule has 6 nitrogen and oxygen atoms in total. The Bertz CT molecular complexity index is 383. The summed E-state index contributed by atoms with van der Waals surface area (Å²) in [7, 11) is 3.14. The van der Waals surface area contributed by atoms with Crippen LogP contribution in [0, 0.1) is 0 Å². The van der Waals surface area contributed by atoms with Crippen LogP contribution in [0.4, 0.5) is 5.95 Å². The monoisotopic (exact) mass is 252 g/mol. The second-order valence-corrected chi connectivity index (χ2v) is 4.59. The topological polar surface area (TPSA) is 82.3 Å². The number of hydrogen-bond donors (Lipinski definition) is 2. The van der Waals surface area contributed by atoms with Crippen LogP contribution in [0.15, 0.2) is 6.07 Å². The molecule has 1 heterocycles. The van der Waals surface area contributed by atoms with Crippen LogP contribution in [0.25, 0.3) is 0 Å². The van der Waals surface area contributed by atoms with Gasteiger partial charge >= 0.3 is 0 Å². The first kappa shape index (κ1) is 12.9. The van der Waals surface area contributed by atoms with E-state index in [1.165, 1.54) is 12.8 Å². The Morgan fingerprint density at radius 1 is 1.22 bits per heavy atom. The number of aromatic nitrogens is 2. The normalized spacial score (nSPS) is 17.5. The molecule has 18 heavy (non-hydrogen) atoms. The maximum Gasteiger partial charge on any atom is 0.229 e. The van der Waals surface area contributed by atoms with Crippen LogP contribution in [-0.4, -0.2) is 36.3 Å². The molecule has 3 N–H and O–H groups in total. The van der Waals surface area contributed by atoms with Gasteiger partial charge in [0.25, 0.3) is 0 Å².